The molecule has 0 saturated heterocycles. The number of amides is 1. The summed E-state index contributed by atoms with van der Waals surface area (Å²) in [5, 5.41) is 2.69. The Bertz CT molecular complexity index is 881. The summed E-state index contributed by atoms with van der Waals surface area (Å²) < 4.78 is 18.8. The molecule has 0 fully saturated rings. The zero-order chi connectivity index (χ0) is 18.4. The number of nitrogens with one attached hydrogen (secondary N) is 1. The number of anilines is 1. The summed E-state index contributed by atoms with van der Waals surface area (Å²) in [6.07, 6.45) is 0.351. The third kappa shape index (κ3) is 4.95. The van der Waals surface area contributed by atoms with E-state index >= 15 is 0 Å². The van der Waals surface area contributed by atoms with Gasteiger partial charge in [0.15, 0.2) is 0 Å². The number of aryl methyl sites for hydroxylation is 1. The van der Waals surface area contributed by atoms with Gasteiger partial charge in [0.2, 0.25) is 11.8 Å². The predicted octanol–water partition coefficient (Wildman–Crippen LogP) is 5.05. The first-order valence-electron chi connectivity index (χ1n) is 8.27. The molecule has 1 aromatic heterocycles. The number of hydrogen-bond acceptors (Lipinski definition) is 4. The number of oxazole rings is 1. The molecule has 0 aliphatic carbocycles. The molecule has 0 bridgehead atoms. The zero-order valence-electron chi connectivity index (χ0n) is 14.4. The molecule has 0 atom stereocenters. The Hall–Kier alpha value is -2.60. The van der Waals surface area contributed by atoms with Crippen LogP contribution in [-0.4, -0.2) is 16.6 Å². The van der Waals surface area contributed by atoms with Crippen molar-refractivity contribution in [2.24, 2.45) is 0 Å². The normalized spacial score (nSPS) is 10.7. The van der Waals surface area contributed by atoms with Crippen molar-refractivity contribution in [2.45, 2.75) is 19.1 Å². The van der Waals surface area contributed by atoms with Crippen molar-refractivity contribution in [3.63, 3.8) is 0 Å². The first-order chi connectivity index (χ1) is 12.6. The molecular weight excluding hydrogens is 351 g/mol. The Labute approximate surface area is 155 Å². The number of hydrogen-bond donors (Lipinski definition) is 1. The van der Waals surface area contributed by atoms with Crippen molar-refractivity contribution in [1.82, 2.24) is 4.98 Å². The van der Waals surface area contributed by atoms with Crippen molar-refractivity contribution in [2.75, 3.05) is 11.1 Å². The lowest BCUT2D eigenvalue weighted by Gasteiger charge is -2.05. The number of benzene rings is 2. The average molecular weight is 370 g/mol. The van der Waals surface area contributed by atoms with Crippen LogP contribution in [-0.2, 0) is 10.5 Å². The lowest BCUT2D eigenvalue weighted by atomic mass is 10.2. The fourth-order valence-electron chi connectivity index (χ4n) is 2.39. The van der Waals surface area contributed by atoms with Crippen LogP contribution in [0.2, 0.25) is 0 Å². The second-order valence-electron chi connectivity index (χ2n) is 5.75. The maximum absolute atomic E-state index is 13.1. The molecule has 4 nitrogen and oxygen atoms in total. The van der Waals surface area contributed by atoms with Crippen LogP contribution in [0.15, 0.2) is 59.0 Å². The first-order valence-corrected chi connectivity index (χ1v) is 9.42. The monoisotopic (exact) mass is 370 g/mol. The topological polar surface area (TPSA) is 55.1 Å². The molecule has 2 aromatic carbocycles. The van der Waals surface area contributed by atoms with Crippen molar-refractivity contribution < 1.29 is 13.6 Å². The minimum absolute atomic E-state index is 0.134. The molecule has 0 spiro atoms. The Morgan fingerprint density at radius 1 is 1.19 bits per heavy atom. The summed E-state index contributed by atoms with van der Waals surface area (Å²) in [4.78, 5) is 16.5. The molecule has 134 valence electrons. The predicted molar refractivity (Wildman–Crippen MR) is 102 cm³/mol. The van der Waals surface area contributed by atoms with Gasteiger partial charge in [-0.15, -0.1) is 0 Å². The van der Waals surface area contributed by atoms with E-state index in [0.717, 1.165) is 17.0 Å². The van der Waals surface area contributed by atoms with E-state index in [4.69, 9.17) is 4.42 Å². The zero-order valence-corrected chi connectivity index (χ0v) is 15.2. The standard InChI is InChI=1S/C20H19FN2O2S/c1-14-18(23-20(25-14)15-6-3-2-4-7-15)13-26-11-10-19(24)22-17-9-5-8-16(21)12-17/h2-9,12H,10-11,13H2,1H3,(H,22,24). The van der Waals surface area contributed by atoms with Gasteiger partial charge in [-0.25, -0.2) is 9.37 Å². The SMILES string of the molecule is Cc1oc(-c2ccccc2)nc1CSCCC(=O)Nc1cccc(F)c1. The molecule has 0 unspecified atom stereocenters. The highest BCUT2D eigenvalue weighted by molar-refractivity contribution is 7.98. The summed E-state index contributed by atoms with van der Waals surface area (Å²) in [5.74, 6) is 2.23. The minimum Gasteiger partial charge on any atom is -0.441 e. The molecule has 1 heterocycles. The van der Waals surface area contributed by atoms with Crippen molar-refractivity contribution >= 4 is 23.4 Å². The molecule has 26 heavy (non-hydrogen) atoms. The van der Waals surface area contributed by atoms with E-state index in [-0.39, 0.29) is 11.7 Å². The van der Waals surface area contributed by atoms with Gasteiger partial charge in [0.05, 0.1) is 5.69 Å². The number of halogens is 1. The quantitative estimate of drug-likeness (QED) is 0.591. The number of thioether (sulfide) groups is 1. The van der Waals surface area contributed by atoms with Gasteiger partial charge in [-0.3, -0.25) is 4.79 Å². The van der Waals surface area contributed by atoms with E-state index in [2.05, 4.69) is 10.3 Å². The number of rotatable bonds is 7. The average Bonchev–Trinajstić information content (AvgIpc) is 3.00. The van der Waals surface area contributed by atoms with Gasteiger partial charge < -0.3 is 9.73 Å². The Morgan fingerprint density at radius 3 is 2.77 bits per heavy atom. The van der Waals surface area contributed by atoms with E-state index in [0.29, 0.717) is 29.5 Å². The molecule has 1 N–H and O–H groups in total. The summed E-state index contributed by atoms with van der Waals surface area (Å²) in [7, 11) is 0. The fourth-order valence-corrected chi connectivity index (χ4v) is 3.32. The van der Waals surface area contributed by atoms with Crippen LogP contribution >= 0.6 is 11.8 Å². The second-order valence-corrected chi connectivity index (χ2v) is 6.85. The highest BCUT2D eigenvalue weighted by Crippen LogP contribution is 2.24. The second kappa shape index (κ2) is 8.67. The van der Waals surface area contributed by atoms with Crippen molar-refractivity contribution in [3.8, 4) is 11.5 Å². The smallest absolute Gasteiger partial charge is 0.226 e. The maximum atomic E-state index is 13.1. The number of aromatic nitrogens is 1. The van der Waals surface area contributed by atoms with Gasteiger partial charge in [0, 0.05) is 29.2 Å². The van der Waals surface area contributed by atoms with Crippen LogP contribution < -0.4 is 5.32 Å². The molecular formula is C20H19FN2O2S. The van der Waals surface area contributed by atoms with Gasteiger partial charge in [0.25, 0.3) is 0 Å². The molecule has 6 heteroatoms. The van der Waals surface area contributed by atoms with Gasteiger partial charge in [-0.2, -0.15) is 11.8 Å². The van der Waals surface area contributed by atoms with E-state index in [1.54, 1.807) is 23.9 Å². The lowest BCUT2D eigenvalue weighted by molar-refractivity contribution is -0.115. The Balaban J connectivity index is 1.46. The Morgan fingerprint density at radius 2 is 2.00 bits per heavy atom. The van der Waals surface area contributed by atoms with Gasteiger partial charge >= 0.3 is 0 Å². The summed E-state index contributed by atoms with van der Waals surface area (Å²) in [6, 6.07) is 15.6. The van der Waals surface area contributed by atoms with Gasteiger partial charge in [-0.1, -0.05) is 24.3 Å². The van der Waals surface area contributed by atoms with Gasteiger partial charge in [-0.05, 0) is 37.3 Å². The summed E-state index contributed by atoms with van der Waals surface area (Å²) in [5.41, 5.74) is 2.31. The fraction of sp³-hybridized carbons (Fsp3) is 0.200. The van der Waals surface area contributed by atoms with E-state index in [9.17, 15) is 9.18 Å². The number of carbonyl (C=O) groups is 1. The van der Waals surface area contributed by atoms with Crippen LogP contribution in [0.1, 0.15) is 17.9 Å². The maximum Gasteiger partial charge on any atom is 0.226 e. The third-order valence-electron chi connectivity index (χ3n) is 3.73. The molecule has 1 amide bonds. The molecule has 3 rings (SSSR count). The highest BCUT2D eigenvalue weighted by Gasteiger charge is 2.11. The van der Waals surface area contributed by atoms with Crippen molar-refractivity contribution in [3.05, 3.63) is 71.9 Å². The largest absolute Gasteiger partial charge is 0.441 e. The van der Waals surface area contributed by atoms with Crippen LogP contribution in [0.4, 0.5) is 10.1 Å². The third-order valence-corrected chi connectivity index (χ3v) is 4.70. The number of nitrogens with zero attached hydrogens (tertiary/aromatic N) is 1. The van der Waals surface area contributed by atoms with Crippen LogP contribution in [0, 0.1) is 12.7 Å². The summed E-state index contributed by atoms with van der Waals surface area (Å²) in [6.45, 7) is 1.89. The highest BCUT2D eigenvalue weighted by atomic mass is 32.2. The lowest BCUT2D eigenvalue weighted by Crippen LogP contribution is -2.12. The van der Waals surface area contributed by atoms with E-state index in [1.807, 2.05) is 37.3 Å². The van der Waals surface area contributed by atoms with Crippen LogP contribution in [0.3, 0.4) is 0 Å². The molecule has 0 aliphatic heterocycles. The molecule has 3 aromatic rings. The van der Waals surface area contributed by atoms with Crippen molar-refractivity contribution in [1.29, 1.82) is 0 Å². The first kappa shape index (κ1) is 18.2. The molecule has 0 saturated carbocycles. The van der Waals surface area contributed by atoms with Gasteiger partial charge in [0.1, 0.15) is 11.6 Å². The molecule has 0 aliphatic rings. The minimum atomic E-state index is -0.368. The van der Waals surface area contributed by atoms with E-state index in [1.165, 1.54) is 12.1 Å². The summed E-state index contributed by atoms with van der Waals surface area (Å²) >= 11 is 1.61. The van der Waals surface area contributed by atoms with Crippen LogP contribution in [0.5, 0.6) is 0 Å². The number of carbonyl (C=O) groups excluding carboxylic acids is 1. The van der Waals surface area contributed by atoms with E-state index < -0.39 is 0 Å². The molecule has 0 radical (unpaired) electrons. The Kier molecular flexibility index (Phi) is 6.07. The van der Waals surface area contributed by atoms with Crippen LogP contribution in [0.25, 0.3) is 11.5 Å².